The Kier molecular flexibility index (Phi) is 6.72. The van der Waals surface area contributed by atoms with Gasteiger partial charge in [-0.25, -0.2) is 9.67 Å². The minimum Gasteiger partial charge on any atom is -0.506 e. The summed E-state index contributed by atoms with van der Waals surface area (Å²) in [5.74, 6) is -2.39. The highest BCUT2D eigenvalue weighted by Crippen LogP contribution is 2.40. The zero-order valence-corrected chi connectivity index (χ0v) is 19.0. The number of aromatic nitrogens is 3. The van der Waals surface area contributed by atoms with Crippen LogP contribution in [0.1, 0.15) is 47.6 Å². The first kappa shape index (κ1) is 24.3. The number of hydrogen-bond acceptors (Lipinski definition) is 8. The van der Waals surface area contributed by atoms with E-state index in [1.165, 1.54) is 4.68 Å². The van der Waals surface area contributed by atoms with Gasteiger partial charge in [-0.3, -0.25) is 14.4 Å². The second kappa shape index (κ2) is 9.41. The minimum absolute atomic E-state index is 0.0558. The summed E-state index contributed by atoms with van der Waals surface area (Å²) in [6, 6.07) is 1.68. The van der Waals surface area contributed by atoms with Crippen LogP contribution in [0.2, 0.25) is 0 Å². The normalized spacial score (nSPS) is 20.6. The molecule has 0 aromatic carbocycles. The van der Waals surface area contributed by atoms with E-state index in [0.29, 0.717) is 30.3 Å². The lowest BCUT2D eigenvalue weighted by Gasteiger charge is -2.33. The highest BCUT2D eigenvalue weighted by Gasteiger charge is 2.43. The number of ether oxygens (including phenoxy) is 1. The number of hydrogen-bond donors (Lipinski definition) is 1. The molecule has 2 saturated carbocycles. The number of pyridine rings is 1. The van der Waals surface area contributed by atoms with Crippen molar-refractivity contribution in [3.05, 3.63) is 49.3 Å². The molecule has 2 bridgehead atoms. The van der Waals surface area contributed by atoms with Crippen molar-refractivity contribution >= 4 is 28.7 Å². The van der Waals surface area contributed by atoms with E-state index in [-0.39, 0.29) is 46.7 Å². The van der Waals surface area contributed by atoms with E-state index in [4.69, 9.17) is 4.74 Å². The average Bonchev–Trinajstić information content (AvgIpc) is 3.11. The molecule has 1 N–H and O–H groups in total. The molecule has 2 aliphatic carbocycles. The van der Waals surface area contributed by atoms with E-state index in [2.05, 4.69) is 10.1 Å². The second-order valence-electron chi connectivity index (χ2n) is 8.36. The number of carbonyl (C=O) groups excluding carboxylic acids is 2. The lowest BCUT2D eigenvalue weighted by molar-refractivity contribution is -0.141. The monoisotopic (exact) mass is 497 g/mol. The fourth-order valence-electron chi connectivity index (χ4n) is 4.42. The van der Waals surface area contributed by atoms with Gasteiger partial charge in [-0.1, -0.05) is 17.8 Å². The van der Waals surface area contributed by atoms with Gasteiger partial charge in [0.15, 0.2) is 11.6 Å². The summed E-state index contributed by atoms with van der Waals surface area (Å²) in [5.41, 5.74) is -1.99. The SMILES string of the molecule is Cc1nn(CCOCc2nc(C(F)(F)F)ccc2C(O)=C2C(=O)C3CCCC(C3)C2=O)c(=O)s1. The first-order chi connectivity index (χ1) is 16.1. The molecular formula is C22H22F3N3O5S. The largest absolute Gasteiger partial charge is 0.506 e. The van der Waals surface area contributed by atoms with Crippen LogP contribution >= 0.6 is 11.3 Å². The standard InChI is InChI=1S/C22H22F3N3O5S/c1-11-27-28(21(32)34-11)7-8-33-10-15-14(5-6-16(26-15)22(23,24)25)20(31)17-18(29)12-3-2-4-13(9-12)19(17)30/h5-6,12-13,31H,2-4,7-10H2,1H3. The second-order valence-corrected chi connectivity index (χ2v) is 9.51. The number of aliphatic hydroxyl groups is 1. The molecule has 2 heterocycles. The summed E-state index contributed by atoms with van der Waals surface area (Å²) in [6.45, 7) is 1.24. The molecule has 0 aliphatic heterocycles. The van der Waals surface area contributed by atoms with Gasteiger partial charge in [0.25, 0.3) is 0 Å². The Morgan fingerprint density at radius 3 is 2.47 bits per heavy atom. The van der Waals surface area contributed by atoms with Crippen LogP contribution < -0.4 is 4.87 Å². The number of aliphatic hydroxyl groups excluding tert-OH is 1. The number of allylic oxidation sites excluding steroid dienone is 1. The average molecular weight is 497 g/mol. The Labute approximate surface area is 196 Å². The lowest BCUT2D eigenvalue weighted by atomic mass is 9.68. The Morgan fingerprint density at radius 2 is 1.88 bits per heavy atom. The van der Waals surface area contributed by atoms with Crippen molar-refractivity contribution < 1.29 is 32.6 Å². The lowest BCUT2D eigenvalue weighted by Crippen LogP contribution is -2.38. The van der Waals surface area contributed by atoms with E-state index in [9.17, 15) is 32.7 Å². The number of alkyl halides is 3. The molecule has 2 fully saturated rings. The molecule has 2 unspecified atom stereocenters. The maximum atomic E-state index is 13.3. The van der Waals surface area contributed by atoms with Gasteiger partial charge < -0.3 is 9.84 Å². The molecule has 12 heteroatoms. The third-order valence-corrected chi connectivity index (χ3v) is 6.82. The van der Waals surface area contributed by atoms with Crippen molar-refractivity contribution in [2.45, 2.75) is 51.9 Å². The Balaban J connectivity index is 1.63. The fourth-order valence-corrected chi connectivity index (χ4v) is 5.05. The zero-order chi connectivity index (χ0) is 24.6. The van der Waals surface area contributed by atoms with Gasteiger partial charge in [-0.2, -0.15) is 18.3 Å². The quantitative estimate of drug-likeness (QED) is 0.282. The summed E-state index contributed by atoms with van der Waals surface area (Å²) in [6.07, 6.45) is -2.35. The molecule has 2 atom stereocenters. The molecule has 2 aromatic rings. The minimum atomic E-state index is -4.74. The van der Waals surface area contributed by atoms with Crippen molar-refractivity contribution in [2.75, 3.05) is 6.61 Å². The first-order valence-corrected chi connectivity index (χ1v) is 11.6. The molecule has 0 amide bonds. The third kappa shape index (κ3) is 4.83. The number of Topliss-reactive ketones (excluding diaryl/α,β-unsaturated/α-hetero) is 2. The number of halogens is 3. The third-order valence-electron chi connectivity index (χ3n) is 6.06. The summed E-state index contributed by atoms with van der Waals surface area (Å²) >= 11 is 0.958. The number of aryl methyl sites for hydroxylation is 1. The van der Waals surface area contributed by atoms with Crippen LogP contribution in [-0.4, -0.2) is 38.0 Å². The van der Waals surface area contributed by atoms with Crippen molar-refractivity contribution in [3.63, 3.8) is 0 Å². The van der Waals surface area contributed by atoms with Gasteiger partial charge in [0.2, 0.25) is 0 Å². The van der Waals surface area contributed by atoms with E-state index < -0.39 is 35.8 Å². The number of rotatable bonds is 6. The molecule has 0 saturated heterocycles. The van der Waals surface area contributed by atoms with Crippen LogP contribution in [0.3, 0.4) is 0 Å². The molecule has 0 spiro atoms. The summed E-state index contributed by atoms with van der Waals surface area (Å²) in [4.78, 5) is 40.7. The van der Waals surface area contributed by atoms with E-state index >= 15 is 0 Å². The van der Waals surface area contributed by atoms with Gasteiger partial charge in [0, 0.05) is 17.4 Å². The highest BCUT2D eigenvalue weighted by molar-refractivity contribution is 7.08. The Hall–Kier alpha value is -2.86. The summed E-state index contributed by atoms with van der Waals surface area (Å²) in [5, 5.41) is 15.5. The number of nitrogens with zero attached hydrogens (tertiary/aromatic N) is 3. The molecule has 0 radical (unpaired) electrons. The smallest absolute Gasteiger partial charge is 0.433 e. The number of ketones is 2. The maximum absolute atomic E-state index is 13.3. The van der Waals surface area contributed by atoms with E-state index in [1.54, 1.807) is 6.92 Å². The molecule has 2 aromatic heterocycles. The van der Waals surface area contributed by atoms with Crippen LogP contribution in [0.5, 0.6) is 0 Å². The maximum Gasteiger partial charge on any atom is 0.433 e. The Morgan fingerprint density at radius 1 is 1.21 bits per heavy atom. The van der Waals surface area contributed by atoms with Crippen molar-refractivity contribution in [1.29, 1.82) is 0 Å². The topological polar surface area (TPSA) is 111 Å². The van der Waals surface area contributed by atoms with Crippen LogP contribution in [0, 0.1) is 18.8 Å². The predicted octanol–water partition coefficient (Wildman–Crippen LogP) is 3.47. The predicted molar refractivity (Wildman–Crippen MR) is 115 cm³/mol. The molecule has 182 valence electrons. The molecular weight excluding hydrogens is 475 g/mol. The van der Waals surface area contributed by atoms with Gasteiger partial charge in [0.05, 0.1) is 25.5 Å². The summed E-state index contributed by atoms with van der Waals surface area (Å²) < 4.78 is 46.4. The van der Waals surface area contributed by atoms with E-state index in [0.717, 1.165) is 23.8 Å². The van der Waals surface area contributed by atoms with Gasteiger partial charge in [-0.15, -0.1) is 0 Å². The molecule has 2 aliphatic rings. The van der Waals surface area contributed by atoms with Gasteiger partial charge >= 0.3 is 11.0 Å². The summed E-state index contributed by atoms with van der Waals surface area (Å²) in [7, 11) is 0. The van der Waals surface area contributed by atoms with Crippen molar-refractivity contribution in [2.24, 2.45) is 11.8 Å². The fraction of sp³-hybridized carbons (Fsp3) is 0.500. The highest BCUT2D eigenvalue weighted by atomic mass is 32.1. The molecule has 4 rings (SSSR count). The van der Waals surface area contributed by atoms with Gasteiger partial charge in [-0.05, 0) is 38.3 Å². The van der Waals surface area contributed by atoms with Crippen LogP contribution in [0.15, 0.2) is 22.5 Å². The van der Waals surface area contributed by atoms with Crippen LogP contribution in [0.25, 0.3) is 5.76 Å². The van der Waals surface area contributed by atoms with Crippen molar-refractivity contribution in [1.82, 2.24) is 14.8 Å². The van der Waals surface area contributed by atoms with Crippen LogP contribution in [0.4, 0.5) is 13.2 Å². The van der Waals surface area contributed by atoms with E-state index in [1.807, 2.05) is 0 Å². The molecule has 8 nitrogen and oxygen atoms in total. The van der Waals surface area contributed by atoms with Gasteiger partial charge in [0.1, 0.15) is 22.0 Å². The molecule has 34 heavy (non-hydrogen) atoms. The van der Waals surface area contributed by atoms with Crippen molar-refractivity contribution in [3.8, 4) is 0 Å². The number of carbonyl (C=O) groups is 2. The first-order valence-electron chi connectivity index (χ1n) is 10.8. The zero-order valence-electron chi connectivity index (χ0n) is 18.2. The van der Waals surface area contributed by atoms with Crippen LogP contribution in [-0.2, 0) is 33.7 Å². The number of fused-ring (bicyclic) bond motifs is 2. The Bertz CT molecular complexity index is 1190.